The number of anilines is 1. The summed E-state index contributed by atoms with van der Waals surface area (Å²) in [4.78, 5) is 11.8. The van der Waals surface area contributed by atoms with Crippen molar-refractivity contribution in [1.82, 2.24) is 4.57 Å². The molecule has 2 N–H and O–H groups in total. The number of nitrogens with zero attached hydrogens (tertiary/aromatic N) is 2. The number of aromatic nitrogens is 1. The summed E-state index contributed by atoms with van der Waals surface area (Å²) in [5.74, 6) is -2.26. The van der Waals surface area contributed by atoms with Crippen LogP contribution in [0.4, 0.5) is 5.69 Å². The van der Waals surface area contributed by atoms with Crippen LogP contribution >= 0.6 is 22.7 Å². The molecule has 4 heterocycles. The zero-order valence-electron chi connectivity index (χ0n) is 17.9. The Balaban J connectivity index is 1.71. The average Bonchev–Trinajstić information content (AvgIpc) is 3.63. The van der Waals surface area contributed by atoms with Crippen LogP contribution in [0.2, 0.25) is 0 Å². The maximum Gasteiger partial charge on any atom is 0.421 e. The molecule has 12 nitrogen and oxygen atoms in total. The number of aromatic hydroxyl groups is 2. The molecule has 1 aliphatic rings. The zero-order chi connectivity index (χ0) is 25.7. The highest BCUT2D eigenvalue weighted by molar-refractivity contribution is 8.11. The van der Waals surface area contributed by atoms with E-state index in [1.54, 1.807) is 0 Å². The average molecular weight is 573 g/mol. The fraction of sp³-hybridized carbons (Fsp3) is 0.150. The standard InChI is InChI=1S/C20H16N2O10S4/c23-14-10-30-20(25)21(14)6-5-12-9-13(18-19(17(12)24)32-11-31-18)22(35(26,27)15-3-1-7-33-15)36(28,29)16-4-2-8-34-16/h1-4,7-10,23-24H,5-6,11H2. The molecule has 0 amide bonds. The summed E-state index contributed by atoms with van der Waals surface area (Å²) in [5, 5.41) is 23.5. The number of aryl methyl sites for hydroxylation is 1. The lowest BCUT2D eigenvalue weighted by Crippen LogP contribution is -2.36. The van der Waals surface area contributed by atoms with Gasteiger partial charge >= 0.3 is 5.76 Å². The van der Waals surface area contributed by atoms with Crippen molar-refractivity contribution in [2.75, 3.05) is 10.5 Å². The Morgan fingerprint density at radius 2 is 1.58 bits per heavy atom. The van der Waals surface area contributed by atoms with E-state index in [1.165, 1.54) is 35.0 Å². The summed E-state index contributed by atoms with van der Waals surface area (Å²) in [6, 6.07) is 6.61. The van der Waals surface area contributed by atoms with Crippen molar-refractivity contribution >= 4 is 48.4 Å². The minimum Gasteiger partial charge on any atom is -0.504 e. The third-order valence-electron chi connectivity index (χ3n) is 5.17. The molecule has 36 heavy (non-hydrogen) atoms. The first-order valence-corrected chi connectivity index (χ1v) is 14.7. The van der Waals surface area contributed by atoms with Gasteiger partial charge in [-0.3, -0.25) is 0 Å². The maximum atomic E-state index is 13.7. The smallest absolute Gasteiger partial charge is 0.421 e. The Morgan fingerprint density at radius 3 is 2.11 bits per heavy atom. The van der Waals surface area contributed by atoms with E-state index >= 15 is 0 Å². The fourth-order valence-corrected chi connectivity index (χ4v) is 9.62. The Bertz CT molecular complexity index is 1620. The molecule has 3 aromatic heterocycles. The third kappa shape index (κ3) is 3.91. The van der Waals surface area contributed by atoms with Crippen LogP contribution in [0.5, 0.6) is 23.1 Å². The molecule has 0 bridgehead atoms. The molecule has 0 fully saturated rings. The van der Waals surface area contributed by atoms with Crippen LogP contribution in [0.3, 0.4) is 0 Å². The number of hydrogen-bond donors (Lipinski definition) is 2. The van der Waals surface area contributed by atoms with Crippen molar-refractivity contribution in [2.45, 2.75) is 21.4 Å². The van der Waals surface area contributed by atoms with Crippen LogP contribution < -0.4 is 18.9 Å². The van der Waals surface area contributed by atoms with E-state index in [9.17, 15) is 31.8 Å². The summed E-state index contributed by atoms with van der Waals surface area (Å²) in [6.45, 7) is -0.573. The molecule has 1 aliphatic heterocycles. The van der Waals surface area contributed by atoms with E-state index in [-0.39, 0.29) is 42.2 Å². The number of thiophene rings is 2. The van der Waals surface area contributed by atoms with E-state index in [4.69, 9.17) is 9.47 Å². The molecular weight excluding hydrogens is 556 g/mol. The molecule has 0 saturated heterocycles. The molecule has 5 rings (SSSR count). The van der Waals surface area contributed by atoms with E-state index in [0.29, 0.717) is 0 Å². The molecule has 0 saturated carbocycles. The number of fused-ring (bicyclic) bond motifs is 1. The van der Waals surface area contributed by atoms with Crippen LogP contribution in [0.25, 0.3) is 0 Å². The number of hydrogen-bond acceptors (Lipinski definition) is 12. The summed E-state index contributed by atoms with van der Waals surface area (Å²) < 4.78 is 70.7. The normalized spacial score (nSPS) is 13.2. The second kappa shape index (κ2) is 8.88. The predicted octanol–water partition coefficient (Wildman–Crippen LogP) is 2.53. The van der Waals surface area contributed by atoms with Gasteiger partial charge in [0.1, 0.15) is 14.1 Å². The number of phenolic OH excluding ortho intramolecular Hbond substituents is 1. The first-order valence-electron chi connectivity index (χ1n) is 10.0. The third-order valence-corrected chi connectivity index (χ3v) is 12.1. The highest BCUT2D eigenvalue weighted by Gasteiger charge is 2.42. The van der Waals surface area contributed by atoms with E-state index in [1.807, 2.05) is 0 Å². The lowest BCUT2D eigenvalue weighted by atomic mass is 10.1. The quantitative estimate of drug-likeness (QED) is 0.320. The Morgan fingerprint density at radius 1 is 0.972 bits per heavy atom. The number of phenols is 1. The van der Waals surface area contributed by atoms with Gasteiger partial charge in [-0.05, 0) is 35.4 Å². The lowest BCUT2D eigenvalue weighted by molar-refractivity contribution is 0.171. The Kier molecular flexibility index (Phi) is 5.98. The van der Waals surface area contributed by atoms with Gasteiger partial charge < -0.3 is 24.1 Å². The number of oxazole rings is 1. The second-order valence-electron chi connectivity index (χ2n) is 7.30. The number of benzene rings is 1. The van der Waals surface area contributed by atoms with E-state index in [0.717, 1.165) is 39.6 Å². The molecule has 0 spiro atoms. The topological polar surface area (TPSA) is 166 Å². The first kappa shape index (κ1) is 24.2. The van der Waals surface area contributed by atoms with Gasteiger partial charge in [0, 0.05) is 12.1 Å². The van der Waals surface area contributed by atoms with Crippen LogP contribution in [0.1, 0.15) is 5.56 Å². The second-order valence-corrected chi connectivity index (χ2v) is 13.5. The van der Waals surface area contributed by atoms with Crippen LogP contribution in [-0.4, -0.2) is 38.4 Å². The number of ether oxygens (including phenoxy) is 2. The number of sulfonamides is 2. The van der Waals surface area contributed by atoms with Gasteiger partial charge in [0.15, 0.2) is 17.8 Å². The van der Waals surface area contributed by atoms with Gasteiger partial charge in [0.05, 0.1) is 0 Å². The lowest BCUT2D eigenvalue weighted by Gasteiger charge is -2.24. The molecule has 16 heteroatoms. The summed E-state index contributed by atoms with van der Waals surface area (Å²) >= 11 is 1.66. The van der Waals surface area contributed by atoms with Crippen LogP contribution in [-0.2, 0) is 33.0 Å². The minimum atomic E-state index is -4.67. The van der Waals surface area contributed by atoms with Crippen molar-refractivity contribution in [2.24, 2.45) is 0 Å². The van der Waals surface area contributed by atoms with Gasteiger partial charge in [0.2, 0.25) is 18.4 Å². The van der Waals surface area contributed by atoms with Crippen molar-refractivity contribution in [1.29, 1.82) is 0 Å². The monoisotopic (exact) mass is 572 g/mol. The van der Waals surface area contributed by atoms with Gasteiger partial charge in [-0.25, -0.2) is 9.36 Å². The summed E-state index contributed by atoms with van der Waals surface area (Å²) in [6.07, 6.45) is 0.713. The van der Waals surface area contributed by atoms with Crippen molar-refractivity contribution in [3.8, 4) is 23.1 Å². The van der Waals surface area contributed by atoms with Gasteiger partial charge in [-0.1, -0.05) is 12.1 Å². The van der Waals surface area contributed by atoms with Gasteiger partial charge in [-0.15, -0.1) is 22.7 Å². The largest absolute Gasteiger partial charge is 0.504 e. The molecule has 0 aliphatic carbocycles. The van der Waals surface area contributed by atoms with Gasteiger partial charge in [-0.2, -0.15) is 20.5 Å². The highest BCUT2D eigenvalue weighted by atomic mass is 32.3. The molecule has 4 aromatic rings. The van der Waals surface area contributed by atoms with Crippen molar-refractivity contribution in [3.63, 3.8) is 0 Å². The maximum absolute atomic E-state index is 13.7. The van der Waals surface area contributed by atoms with E-state index in [2.05, 4.69) is 4.42 Å². The first-order chi connectivity index (χ1) is 17.1. The predicted molar refractivity (Wildman–Crippen MR) is 128 cm³/mol. The summed E-state index contributed by atoms with van der Waals surface area (Å²) in [5.41, 5.74) is -0.365. The van der Waals surface area contributed by atoms with Crippen LogP contribution in [0, 0.1) is 0 Å². The Labute approximate surface area is 211 Å². The fourth-order valence-electron chi connectivity index (χ4n) is 3.55. The molecule has 0 unspecified atom stereocenters. The molecule has 1 aromatic carbocycles. The zero-order valence-corrected chi connectivity index (χ0v) is 21.2. The van der Waals surface area contributed by atoms with Crippen LogP contribution in [0.15, 0.2) is 65.0 Å². The Hall–Kier alpha value is -3.47. The van der Waals surface area contributed by atoms with Gasteiger partial charge in [0.25, 0.3) is 20.0 Å². The van der Waals surface area contributed by atoms with E-state index < -0.39 is 49.9 Å². The molecular formula is C20H16N2O10S4. The molecule has 0 radical (unpaired) electrons. The van der Waals surface area contributed by atoms with Crippen molar-refractivity contribution in [3.05, 3.63) is 63.5 Å². The summed E-state index contributed by atoms with van der Waals surface area (Å²) in [7, 11) is -9.35. The minimum absolute atomic E-state index is 0.0366. The van der Waals surface area contributed by atoms with Crippen molar-refractivity contribution < 1.29 is 40.9 Å². The number of rotatable bonds is 8. The SMILES string of the molecule is O=c1occ(O)n1CCc1cc(N(S(=O)(=O)c2cccs2)S(=O)(=O)c2cccs2)c2c(c1O)OCO2. The molecule has 0 atom stereocenters. The highest BCUT2D eigenvalue weighted by Crippen LogP contribution is 2.51. The molecule has 190 valence electrons.